The molecule has 0 aliphatic heterocycles. The number of nitrogens with zero attached hydrogens (tertiary/aromatic N) is 2. The zero-order valence-corrected chi connectivity index (χ0v) is 7.68. The van der Waals surface area contributed by atoms with Gasteiger partial charge in [-0.15, -0.1) is 0 Å². The van der Waals surface area contributed by atoms with Gasteiger partial charge in [0.1, 0.15) is 6.07 Å². The third kappa shape index (κ3) is 1.69. The van der Waals surface area contributed by atoms with E-state index in [-0.39, 0.29) is 0 Å². The Hall–Kier alpha value is -1.20. The number of hydrogen-bond donors (Lipinski definition) is 0. The monoisotopic (exact) mass is 179 g/mol. The first-order valence-corrected chi connectivity index (χ1v) is 3.81. The van der Waals surface area contributed by atoms with Gasteiger partial charge in [-0.1, -0.05) is 11.6 Å². The average molecular weight is 180 g/mol. The van der Waals surface area contributed by atoms with Gasteiger partial charge in [-0.05, 0) is 12.1 Å². The summed E-state index contributed by atoms with van der Waals surface area (Å²) in [5.74, 6) is 0. The van der Waals surface area contributed by atoms with Gasteiger partial charge in [-0.3, -0.25) is 0 Å². The molecule has 0 aliphatic carbocycles. The molecular formula is C9H8ClN2. The van der Waals surface area contributed by atoms with Gasteiger partial charge in [0.05, 0.1) is 11.3 Å². The molecule has 3 heteroatoms. The summed E-state index contributed by atoms with van der Waals surface area (Å²) < 4.78 is 0. The van der Waals surface area contributed by atoms with Crippen molar-refractivity contribution in [2.24, 2.45) is 0 Å². The first-order chi connectivity index (χ1) is 5.65. The SMILES string of the molecule is CN(C)c1c[c]c(Cl)cc1C#N. The van der Waals surface area contributed by atoms with E-state index in [4.69, 9.17) is 16.9 Å². The summed E-state index contributed by atoms with van der Waals surface area (Å²) in [6.45, 7) is 0. The van der Waals surface area contributed by atoms with Crippen LogP contribution in [0, 0.1) is 17.4 Å². The van der Waals surface area contributed by atoms with Crippen LogP contribution in [0.1, 0.15) is 5.56 Å². The second kappa shape index (κ2) is 3.46. The summed E-state index contributed by atoms with van der Waals surface area (Å²) in [4.78, 5) is 1.85. The van der Waals surface area contributed by atoms with E-state index < -0.39 is 0 Å². The molecule has 0 spiro atoms. The minimum Gasteiger partial charge on any atom is -0.377 e. The quantitative estimate of drug-likeness (QED) is 0.660. The smallest absolute Gasteiger partial charge is 0.101 e. The van der Waals surface area contributed by atoms with Gasteiger partial charge in [0, 0.05) is 25.2 Å². The summed E-state index contributed by atoms with van der Waals surface area (Å²) in [6.07, 6.45) is 0. The molecule has 0 atom stereocenters. The van der Waals surface area contributed by atoms with E-state index in [1.807, 2.05) is 19.0 Å². The molecule has 1 aromatic rings. The van der Waals surface area contributed by atoms with Crippen molar-refractivity contribution in [2.75, 3.05) is 19.0 Å². The van der Waals surface area contributed by atoms with E-state index in [0.717, 1.165) is 5.69 Å². The minimum atomic E-state index is 0.470. The van der Waals surface area contributed by atoms with E-state index in [1.54, 1.807) is 12.1 Å². The number of hydrogen-bond acceptors (Lipinski definition) is 2. The largest absolute Gasteiger partial charge is 0.377 e. The average Bonchev–Trinajstić information content (AvgIpc) is 2.03. The molecule has 0 aromatic heterocycles. The van der Waals surface area contributed by atoms with Crippen molar-refractivity contribution in [2.45, 2.75) is 0 Å². The van der Waals surface area contributed by atoms with Crippen LogP contribution < -0.4 is 4.90 Å². The number of benzene rings is 1. The lowest BCUT2D eigenvalue weighted by atomic mass is 10.2. The van der Waals surface area contributed by atoms with Gasteiger partial charge < -0.3 is 4.90 Å². The van der Waals surface area contributed by atoms with Crippen molar-refractivity contribution in [3.8, 4) is 6.07 Å². The Balaban J connectivity index is 3.23. The fraction of sp³-hybridized carbons (Fsp3) is 0.222. The summed E-state index contributed by atoms with van der Waals surface area (Å²) in [5.41, 5.74) is 1.41. The third-order valence-corrected chi connectivity index (χ3v) is 1.71. The Morgan fingerprint density at radius 1 is 1.58 bits per heavy atom. The van der Waals surface area contributed by atoms with E-state index in [0.29, 0.717) is 10.6 Å². The van der Waals surface area contributed by atoms with Gasteiger partial charge in [-0.2, -0.15) is 5.26 Å². The van der Waals surface area contributed by atoms with Crippen LogP contribution in [0.3, 0.4) is 0 Å². The zero-order chi connectivity index (χ0) is 9.14. The van der Waals surface area contributed by atoms with Crippen LogP contribution in [0.15, 0.2) is 12.1 Å². The Labute approximate surface area is 77.0 Å². The molecule has 0 saturated carbocycles. The third-order valence-electron chi connectivity index (χ3n) is 1.50. The Morgan fingerprint density at radius 2 is 2.25 bits per heavy atom. The molecule has 0 fully saturated rings. The fourth-order valence-corrected chi connectivity index (χ4v) is 1.08. The Morgan fingerprint density at radius 3 is 2.75 bits per heavy atom. The number of halogens is 1. The highest BCUT2D eigenvalue weighted by Gasteiger charge is 2.03. The van der Waals surface area contributed by atoms with E-state index in [2.05, 4.69) is 12.1 Å². The Bertz CT molecular complexity index is 326. The maximum absolute atomic E-state index is 8.74. The molecule has 1 rings (SSSR count). The van der Waals surface area contributed by atoms with Gasteiger partial charge >= 0.3 is 0 Å². The molecule has 0 aliphatic rings. The van der Waals surface area contributed by atoms with Crippen LogP contribution >= 0.6 is 11.6 Å². The van der Waals surface area contributed by atoms with E-state index in [1.165, 1.54) is 0 Å². The second-order valence-corrected chi connectivity index (χ2v) is 2.99. The Kier molecular flexibility index (Phi) is 2.57. The summed E-state index contributed by atoms with van der Waals surface area (Å²) in [6, 6.07) is 8.22. The van der Waals surface area contributed by atoms with Crippen molar-refractivity contribution in [1.82, 2.24) is 0 Å². The van der Waals surface area contributed by atoms with Crippen molar-refractivity contribution >= 4 is 17.3 Å². The normalized spacial score (nSPS) is 9.17. The molecule has 1 radical (unpaired) electrons. The fourth-order valence-electron chi connectivity index (χ4n) is 0.917. The summed E-state index contributed by atoms with van der Waals surface area (Å²) >= 11 is 5.68. The van der Waals surface area contributed by atoms with E-state index >= 15 is 0 Å². The highest BCUT2D eigenvalue weighted by Crippen LogP contribution is 2.20. The van der Waals surface area contributed by atoms with Gasteiger partial charge in [-0.25, -0.2) is 0 Å². The molecule has 0 unspecified atom stereocenters. The molecule has 61 valence electrons. The number of rotatable bonds is 1. The highest BCUT2D eigenvalue weighted by molar-refractivity contribution is 6.30. The lowest BCUT2D eigenvalue weighted by Crippen LogP contribution is -2.10. The van der Waals surface area contributed by atoms with Gasteiger partial charge in [0.15, 0.2) is 0 Å². The van der Waals surface area contributed by atoms with Gasteiger partial charge in [0.25, 0.3) is 0 Å². The minimum absolute atomic E-state index is 0.470. The molecule has 2 nitrogen and oxygen atoms in total. The molecule has 1 aromatic carbocycles. The molecule has 0 saturated heterocycles. The first kappa shape index (κ1) is 8.89. The molecule has 0 N–H and O–H groups in total. The highest BCUT2D eigenvalue weighted by atomic mass is 35.5. The maximum Gasteiger partial charge on any atom is 0.101 e. The van der Waals surface area contributed by atoms with Crippen LogP contribution in [-0.2, 0) is 0 Å². The predicted molar refractivity (Wildman–Crippen MR) is 49.3 cm³/mol. The molecule has 12 heavy (non-hydrogen) atoms. The van der Waals surface area contributed by atoms with Crippen molar-refractivity contribution in [3.63, 3.8) is 0 Å². The summed E-state index contributed by atoms with van der Waals surface area (Å²) in [5, 5.41) is 9.21. The van der Waals surface area contributed by atoms with Crippen molar-refractivity contribution < 1.29 is 0 Å². The van der Waals surface area contributed by atoms with Crippen LogP contribution in [0.4, 0.5) is 5.69 Å². The van der Waals surface area contributed by atoms with Crippen LogP contribution in [-0.4, -0.2) is 14.1 Å². The van der Waals surface area contributed by atoms with Crippen molar-refractivity contribution in [3.05, 3.63) is 28.8 Å². The number of anilines is 1. The number of nitriles is 1. The standard InChI is InChI=1S/C9H8ClN2/c1-12(2)9-4-3-8(10)5-7(9)6-11/h4-5H,1-2H3. The lowest BCUT2D eigenvalue weighted by molar-refractivity contribution is 1.12. The molecular weight excluding hydrogens is 172 g/mol. The van der Waals surface area contributed by atoms with Crippen LogP contribution in [0.25, 0.3) is 0 Å². The van der Waals surface area contributed by atoms with Gasteiger partial charge in [0.2, 0.25) is 0 Å². The lowest BCUT2D eigenvalue weighted by Gasteiger charge is -2.13. The molecule has 0 bridgehead atoms. The van der Waals surface area contributed by atoms with E-state index in [9.17, 15) is 0 Å². The summed E-state index contributed by atoms with van der Waals surface area (Å²) in [7, 11) is 3.75. The predicted octanol–water partition coefficient (Wildman–Crippen LogP) is 2.08. The van der Waals surface area contributed by atoms with Crippen LogP contribution in [0.2, 0.25) is 5.02 Å². The van der Waals surface area contributed by atoms with Crippen molar-refractivity contribution in [1.29, 1.82) is 5.26 Å². The maximum atomic E-state index is 8.74. The second-order valence-electron chi connectivity index (χ2n) is 2.59. The molecule has 0 heterocycles. The molecule has 0 amide bonds. The first-order valence-electron chi connectivity index (χ1n) is 3.44. The van der Waals surface area contributed by atoms with Crippen LogP contribution in [0.5, 0.6) is 0 Å². The topological polar surface area (TPSA) is 27.0 Å². The zero-order valence-electron chi connectivity index (χ0n) is 6.93.